The molecule has 4 aromatic rings. The number of likely N-dealkylation sites (tertiary alicyclic amines) is 1. The number of aryl methyl sites for hydroxylation is 3. The van der Waals surface area contributed by atoms with Gasteiger partial charge in [0.2, 0.25) is 5.76 Å². The van der Waals surface area contributed by atoms with Crippen molar-refractivity contribution in [1.82, 2.24) is 14.5 Å². The first-order chi connectivity index (χ1) is 17.4. The number of oxazole rings is 1. The zero-order valence-electron chi connectivity index (χ0n) is 20.5. The highest BCUT2D eigenvalue weighted by Gasteiger charge is 2.29. The summed E-state index contributed by atoms with van der Waals surface area (Å²) in [6.45, 7) is 5.09. The van der Waals surface area contributed by atoms with Crippen LogP contribution in [0, 0.1) is 25.2 Å². The van der Waals surface area contributed by atoms with Crippen LogP contribution >= 0.6 is 0 Å². The van der Waals surface area contributed by atoms with Gasteiger partial charge in [0.1, 0.15) is 0 Å². The second kappa shape index (κ2) is 9.34. The highest BCUT2D eigenvalue weighted by atomic mass is 16.3. The minimum absolute atomic E-state index is 0.108. The Balaban J connectivity index is 1.39. The molecule has 182 valence electrons. The third-order valence-corrected chi connectivity index (χ3v) is 7.11. The number of nitrogens with one attached hydrogen (secondary N) is 1. The third kappa shape index (κ3) is 4.13. The largest absolute Gasteiger partial charge is 0.438 e. The van der Waals surface area contributed by atoms with Crippen LogP contribution in [-0.2, 0) is 7.05 Å². The number of piperidine rings is 1. The molecule has 3 heterocycles. The van der Waals surface area contributed by atoms with Gasteiger partial charge in [-0.15, -0.1) is 0 Å². The van der Waals surface area contributed by atoms with Crippen molar-refractivity contribution in [2.75, 3.05) is 18.4 Å². The quantitative estimate of drug-likeness (QED) is 0.445. The summed E-state index contributed by atoms with van der Waals surface area (Å²) in [6.07, 6.45) is 5.16. The molecule has 2 aromatic carbocycles. The number of benzene rings is 2. The van der Waals surface area contributed by atoms with Gasteiger partial charge in [0.05, 0.1) is 17.3 Å². The summed E-state index contributed by atoms with van der Waals surface area (Å²) in [4.78, 5) is 31.6. The standard InChI is InChI=1S/C28H27N5O3/c1-17-23(31-27(34)21-6-4-5-19(13-21)14-29)7-8-24-25(17)22(15-32(24)3)20-9-11-33(12-10-20)28(35)26-18(2)30-16-36-26/h4-8,13,15-16,20H,9-12H2,1-3H3,(H,31,34). The molecule has 0 bridgehead atoms. The molecule has 5 rings (SSSR count). The molecule has 1 N–H and O–H groups in total. The molecule has 1 saturated heterocycles. The van der Waals surface area contributed by atoms with Gasteiger partial charge in [-0.2, -0.15) is 5.26 Å². The van der Waals surface area contributed by atoms with Gasteiger partial charge >= 0.3 is 0 Å². The van der Waals surface area contributed by atoms with Crippen molar-refractivity contribution >= 4 is 28.4 Å². The number of carbonyl (C=O) groups excluding carboxylic acids is 2. The summed E-state index contributed by atoms with van der Waals surface area (Å²) in [7, 11) is 2.03. The van der Waals surface area contributed by atoms with Crippen LogP contribution in [-0.4, -0.2) is 39.4 Å². The van der Waals surface area contributed by atoms with E-state index in [1.807, 2.05) is 31.0 Å². The number of nitrogens with zero attached hydrogens (tertiary/aromatic N) is 4. The van der Waals surface area contributed by atoms with E-state index in [-0.39, 0.29) is 11.8 Å². The summed E-state index contributed by atoms with van der Waals surface area (Å²) in [6, 6.07) is 12.7. The number of nitriles is 1. The van der Waals surface area contributed by atoms with Crippen LogP contribution in [0.4, 0.5) is 5.69 Å². The first-order valence-electron chi connectivity index (χ1n) is 12.0. The number of fused-ring (bicyclic) bond motifs is 1. The minimum atomic E-state index is -0.249. The van der Waals surface area contributed by atoms with Crippen molar-refractivity contribution in [3.8, 4) is 6.07 Å². The van der Waals surface area contributed by atoms with Crippen LogP contribution in [0.3, 0.4) is 0 Å². The maximum absolute atomic E-state index is 12.9. The lowest BCUT2D eigenvalue weighted by atomic mass is 9.87. The van der Waals surface area contributed by atoms with E-state index in [9.17, 15) is 9.59 Å². The maximum Gasteiger partial charge on any atom is 0.291 e. The van der Waals surface area contributed by atoms with Crippen LogP contribution in [0.15, 0.2) is 53.4 Å². The number of aromatic nitrogens is 2. The second-order valence-corrected chi connectivity index (χ2v) is 9.31. The van der Waals surface area contributed by atoms with Crippen molar-refractivity contribution < 1.29 is 14.0 Å². The minimum Gasteiger partial charge on any atom is -0.438 e. The van der Waals surface area contributed by atoms with Gasteiger partial charge in [-0.1, -0.05) is 6.07 Å². The number of amides is 2. The molecule has 1 fully saturated rings. The fraction of sp³-hybridized carbons (Fsp3) is 0.286. The third-order valence-electron chi connectivity index (χ3n) is 7.11. The zero-order valence-corrected chi connectivity index (χ0v) is 20.5. The molecule has 8 heteroatoms. The van der Waals surface area contributed by atoms with Gasteiger partial charge in [0.25, 0.3) is 11.8 Å². The predicted octanol–water partition coefficient (Wildman–Crippen LogP) is 4.93. The Morgan fingerprint density at radius 2 is 1.94 bits per heavy atom. The van der Waals surface area contributed by atoms with Gasteiger partial charge in [-0.25, -0.2) is 4.98 Å². The number of anilines is 1. The average Bonchev–Trinajstić information content (AvgIpc) is 3.48. The van der Waals surface area contributed by atoms with Gasteiger partial charge < -0.3 is 19.2 Å². The monoisotopic (exact) mass is 481 g/mol. The van der Waals surface area contributed by atoms with E-state index in [4.69, 9.17) is 9.68 Å². The smallest absolute Gasteiger partial charge is 0.291 e. The highest BCUT2D eigenvalue weighted by Crippen LogP contribution is 2.38. The molecule has 8 nitrogen and oxygen atoms in total. The van der Waals surface area contributed by atoms with Gasteiger partial charge in [-0.3, -0.25) is 9.59 Å². The number of carbonyl (C=O) groups is 2. The topological polar surface area (TPSA) is 104 Å². The molecule has 0 aliphatic carbocycles. The Kier molecular flexibility index (Phi) is 6.06. The Labute approximate surface area is 209 Å². The zero-order chi connectivity index (χ0) is 25.4. The molecular weight excluding hydrogens is 454 g/mol. The van der Waals surface area contributed by atoms with Gasteiger partial charge in [0, 0.05) is 48.5 Å². The van der Waals surface area contributed by atoms with Crippen molar-refractivity contribution in [1.29, 1.82) is 5.26 Å². The molecule has 0 radical (unpaired) electrons. The van der Waals surface area contributed by atoms with Crippen LogP contribution < -0.4 is 5.32 Å². The molecule has 0 unspecified atom stereocenters. The highest BCUT2D eigenvalue weighted by molar-refractivity contribution is 6.06. The lowest BCUT2D eigenvalue weighted by molar-refractivity contribution is 0.0680. The lowest BCUT2D eigenvalue weighted by Gasteiger charge is -2.31. The maximum atomic E-state index is 12.9. The van der Waals surface area contributed by atoms with Crippen LogP contribution in [0.2, 0.25) is 0 Å². The number of hydrogen-bond donors (Lipinski definition) is 1. The molecule has 1 aliphatic heterocycles. The van der Waals surface area contributed by atoms with E-state index in [0.717, 1.165) is 35.0 Å². The van der Waals surface area contributed by atoms with Crippen LogP contribution in [0.1, 0.15) is 62.1 Å². The molecular formula is C28H27N5O3. The molecule has 36 heavy (non-hydrogen) atoms. The molecule has 0 spiro atoms. The first-order valence-corrected chi connectivity index (χ1v) is 12.0. The van der Waals surface area contributed by atoms with E-state index < -0.39 is 0 Å². The molecule has 0 saturated carbocycles. The SMILES string of the molecule is Cc1ncoc1C(=O)N1CCC(c2cn(C)c3ccc(NC(=O)c4cccc(C#N)c4)c(C)c23)CC1. The van der Waals surface area contributed by atoms with E-state index in [0.29, 0.717) is 41.6 Å². The average molecular weight is 482 g/mol. The molecule has 1 aliphatic rings. The van der Waals surface area contributed by atoms with Crippen molar-refractivity contribution in [2.24, 2.45) is 7.05 Å². The first kappa shape index (κ1) is 23.4. The van der Waals surface area contributed by atoms with E-state index in [2.05, 4.69) is 27.1 Å². The van der Waals surface area contributed by atoms with Crippen LogP contribution in [0.5, 0.6) is 0 Å². The van der Waals surface area contributed by atoms with E-state index >= 15 is 0 Å². The normalized spacial score (nSPS) is 14.1. The second-order valence-electron chi connectivity index (χ2n) is 9.31. The van der Waals surface area contributed by atoms with E-state index in [1.165, 1.54) is 12.0 Å². The predicted molar refractivity (Wildman–Crippen MR) is 136 cm³/mol. The molecule has 2 amide bonds. The van der Waals surface area contributed by atoms with Crippen molar-refractivity contribution in [3.63, 3.8) is 0 Å². The van der Waals surface area contributed by atoms with Gasteiger partial charge in [-0.05, 0) is 74.1 Å². The van der Waals surface area contributed by atoms with Crippen molar-refractivity contribution in [2.45, 2.75) is 32.6 Å². The lowest BCUT2D eigenvalue weighted by Crippen LogP contribution is -2.38. The van der Waals surface area contributed by atoms with Crippen LogP contribution in [0.25, 0.3) is 10.9 Å². The summed E-state index contributed by atoms with van der Waals surface area (Å²) < 4.78 is 7.42. The molecule has 0 atom stereocenters. The van der Waals surface area contributed by atoms with E-state index in [1.54, 1.807) is 31.2 Å². The Bertz CT molecular complexity index is 1520. The number of rotatable bonds is 4. The fourth-order valence-corrected chi connectivity index (χ4v) is 5.11. The van der Waals surface area contributed by atoms with Crippen molar-refractivity contribution in [3.05, 3.63) is 82.7 Å². The Morgan fingerprint density at radius 1 is 1.17 bits per heavy atom. The summed E-state index contributed by atoms with van der Waals surface area (Å²) >= 11 is 0. The summed E-state index contributed by atoms with van der Waals surface area (Å²) in [5.74, 6) is 0.255. The summed E-state index contributed by atoms with van der Waals surface area (Å²) in [5.41, 5.74) is 5.59. The molecule has 2 aromatic heterocycles. The Morgan fingerprint density at radius 3 is 2.64 bits per heavy atom. The Hall–Kier alpha value is -4.38. The number of hydrogen-bond acceptors (Lipinski definition) is 5. The summed E-state index contributed by atoms with van der Waals surface area (Å²) in [5, 5.41) is 13.3. The van der Waals surface area contributed by atoms with Gasteiger partial charge in [0.15, 0.2) is 6.39 Å². The fourth-order valence-electron chi connectivity index (χ4n) is 5.11.